The van der Waals surface area contributed by atoms with Crippen molar-refractivity contribution in [2.75, 3.05) is 32.3 Å². The van der Waals surface area contributed by atoms with Gasteiger partial charge in [0.25, 0.3) is 0 Å². The molecule has 1 amide bonds. The van der Waals surface area contributed by atoms with Crippen molar-refractivity contribution in [3.63, 3.8) is 0 Å². The molecule has 5 aliphatic rings. The number of nitrogens with zero attached hydrogens (tertiary/aromatic N) is 3. The van der Waals surface area contributed by atoms with Gasteiger partial charge < -0.3 is 13.9 Å². The molecule has 2 aromatic heterocycles. The molecule has 7 nitrogen and oxygen atoms in total. The largest absolute Gasteiger partial charge is 0.496 e. The Morgan fingerprint density at radius 1 is 0.978 bits per heavy atom. The first-order valence-electron chi connectivity index (χ1n) is 17.3. The van der Waals surface area contributed by atoms with Crippen LogP contribution in [0.4, 0.5) is 5.82 Å². The van der Waals surface area contributed by atoms with Crippen LogP contribution in [0.25, 0.3) is 11.3 Å². The van der Waals surface area contributed by atoms with E-state index in [1.54, 1.807) is 20.5 Å². The number of ether oxygens (including phenoxy) is 2. The number of fused-ring (bicyclic) bond motifs is 3. The number of carbonyl (C=O) groups excluding carboxylic acids is 1. The van der Waals surface area contributed by atoms with Crippen LogP contribution in [0.3, 0.4) is 0 Å². The maximum atomic E-state index is 14.2. The normalized spacial score (nSPS) is 24.5. The summed E-state index contributed by atoms with van der Waals surface area (Å²) in [5.74, 6) is 3.43. The molecule has 0 N–H and O–H groups in total. The molecule has 5 aliphatic carbocycles. The lowest BCUT2D eigenvalue weighted by molar-refractivity contribution is -0.124. The number of aromatic nitrogens is 2. The smallest absolute Gasteiger partial charge is 0.231 e. The summed E-state index contributed by atoms with van der Waals surface area (Å²) in [6.07, 6.45) is 18.5. The second kappa shape index (κ2) is 13.7. The molecule has 45 heavy (non-hydrogen) atoms. The monoisotopic (exact) mass is 613 g/mol. The number of rotatable bonds is 9. The van der Waals surface area contributed by atoms with Crippen LogP contribution in [0, 0.1) is 18.3 Å². The van der Waals surface area contributed by atoms with Crippen LogP contribution in [0.2, 0.25) is 0 Å². The van der Waals surface area contributed by atoms with E-state index in [1.165, 1.54) is 36.8 Å². The van der Waals surface area contributed by atoms with Crippen molar-refractivity contribution in [3.8, 4) is 17.0 Å². The fourth-order valence-corrected chi connectivity index (χ4v) is 7.98. The van der Waals surface area contributed by atoms with Gasteiger partial charge >= 0.3 is 0 Å². The molecule has 5 saturated carbocycles. The number of aryl methyl sites for hydroxylation is 1. The Labute approximate surface area is 269 Å². The van der Waals surface area contributed by atoms with Crippen molar-refractivity contribution in [1.82, 2.24) is 9.97 Å². The molecule has 2 bridgehead atoms. The van der Waals surface area contributed by atoms with Crippen molar-refractivity contribution in [2.45, 2.75) is 109 Å². The number of benzene rings is 1. The summed E-state index contributed by atoms with van der Waals surface area (Å²) in [7, 11) is 3.43. The number of pyridine rings is 1. The van der Waals surface area contributed by atoms with Gasteiger partial charge in [0, 0.05) is 43.9 Å². The first kappa shape index (κ1) is 31.8. The number of anilines is 1. The van der Waals surface area contributed by atoms with Gasteiger partial charge in [0.15, 0.2) is 5.89 Å². The van der Waals surface area contributed by atoms with E-state index >= 15 is 0 Å². The molecule has 0 atom stereocenters. The van der Waals surface area contributed by atoms with E-state index in [9.17, 15) is 4.79 Å². The zero-order chi connectivity index (χ0) is 31.4. The van der Waals surface area contributed by atoms with E-state index in [2.05, 4.69) is 40.8 Å². The number of oxazole rings is 1. The fraction of sp³-hybridized carbons (Fsp3) is 0.605. The SMILES string of the molecule is CCOC.COc1ccc(C23CCC(CN(C(=O)C4CCCCC4)c4cc(-c5coc(C6CC6)n5)ccn4)(CC2)CC3)cc1C. The Morgan fingerprint density at radius 3 is 2.31 bits per heavy atom. The number of methoxy groups -OCH3 is 2. The van der Waals surface area contributed by atoms with Gasteiger partial charge in [-0.15, -0.1) is 0 Å². The molecule has 0 saturated heterocycles. The predicted molar refractivity (Wildman–Crippen MR) is 178 cm³/mol. The number of hydrogen-bond donors (Lipinski definition) is 0. The summed E-state index contributed by atoms with van der Waals surface area (Å²) in [6.45, 7) is 5.69. The first-order chi connectivity index (χ1) is 21.9. The summed E-state index contributed by atoms with van der Waals surface area (Å²) < 4.78 is 15.9. The van der Waals surface area contributed by atoms with E-state index in [-0.39, 0.29) is 22.7 Å². The van der Waals surface area contributed by atoms with Crippen molar-refractivity contribution in [3.05, 3.63) is 59.8 Å². The zero-order valence-electron chi connectivity index (χ0n) is 27.8. The lowest BCUT2D eigenvalue weighted by Gasteiger charge is -2.55. The summed E-state index contributed by atoms with van der Waals surface area (Å²) >= 11 is 0. The standard InChI is InChI=1S/C35H43N3O3.C3H8O/c1-24-20-28(10-11-30(24)40-2)35-16-13-34(14-17-35,15-18-35)23-38(33(39)26-6-4-3-5-7-26)31-21-27(12-19-36-31)29-22-41-32(37-29)25-8-9-25;1-3-4-2/h10-12,19-22,25-26H,3-9,13-18,23H2,1-2H3;3H2,1-2H3. The van der Waals surface area contributed by atoms with Crippen LogP contribution in [-0.2, 0) is 14.9 Å². The van der Waals surface area contributed by atoms with E-state index < -0.39 is 0 Å². The highest BCUT2D eigenvalue weighted by Crippen LogP contribution is 2.58. The molecule has 242 valence electrons. The molecule has 0 unspecified atom stereocenters. The minimum atomic E-state index is 0.104. The Hall–Kier alpha value is -3.19. The lowest BCUT2D eigenvalue weighted by Crippen LogP contribution is -2.51. The Balaban J connectivity index is 0.000000845. The second-order valence-corrected chi connectivity index (χ2v) is 14.0. The van der Waals surface area contributed by atoms with Gasteiger partial charge in [-0.05, 0) is 118 Å². The van der Waals surface area contributed by atoms with E-state index in [0.29, 0.717) is 5.92 Å². The fourth-order valence-electron chi connectivity index (χ4n) is 7.98. The predicted octanol–water partition coefficient (Wildman–Crippen LogP) is 8.79. The number of hydrogen-bond acceptors (Lipinski definition) is 6. The third-order valence-electron chi connectivity index (χ3n) is 11.2. The van der Waals surface area contributed by atoms with Crippen molar-refractivity contribution >= 4 is 11.7 Å². The molecule has 0 radical (unpaired) electrons. The number of amides is 1. The zero-order valence-corrected chi connectivity index (χ0v) is 27.8. The highest BCUT2D eigenvalue weighted by atomic mass is 16.5. The number of carbonyl (C=O) groups is 1. The van der Waals surface area contributed by atoms with E-state index in [0.717, 1.165) is 99.7 Å². The van der Waals surface area contributed by atoms with Gasteiger partial charge in [-0.25, -0.2) is 9.97 Å². The van der Waals surface area contributed by atoms with Crippen molar-refractivity contribution < 1.29 is 18.7 Å². The van der Waals surface area contributed by atoms with Crippen LogP contribution in [-0.4, -0.2) is 43.2 Å². The summed E-state index contributed by atoms with van der Waals surface area (Å²) in [4.78, 5) is 25.9. The molecule has 3 aromatic rings. The van der Waals surface area contributed by atoms with Gasteiger partial charge in [-0.2, -0.15) is 0 Å². The summed E-state index contributed by atoms with van der Waals surface area (Å²) in [6, 6.07) is 10.8. The average molecular weight is 614 g/mol. The van der Waals surface area contributed by atoms with Crippen LogP contribution < -0.4 is 9.64 Å². The summed E-state index contributed by atoms with van der Waals surface area (Å²) in [5, 5.41) is 0. The van der Waals surface area contributed by atoms with Crippen LogP contribution in [0.15, 0.2) is 47.2 Å². The third kappa shape index (κ3) is 6.84. The second-order valence-electron chi connectivity index (χ2n) is 14.0. The minimum Gasteiger partial charge on any atom is -0.496 e. The van der Waals surface area contributed by atoms with Gasteiger partial charge in [0.05, 0.1) is 7.11 Å². The molecular formula is C38H51N3O4. The van der Waals surface area contributed by atoms with Crippen LogP contribution >= 0.6 is 0 Å². The van der Waals surface area contributed by atoms with Gasteiger partial charge in [0.1, 0.15) is 23.5 Å². The first-order valence-corrected chi connectivity index (χ1v) is 17.3. The Morgan fingerprint density at radius 2 is 1.69 bits per heavy atom. The van der Waals surface area contributed by atoms with Gasteiger partial charge in [-0.3, -0.25) is 9.69 Å². The third-order valence-corrected chi connectivity index (χ3v) is 11.2. The van der Waals surface area contributed by atoms with Crippen molar-refractivity contribution in [1.29, 1.82) is 0 Å². The minimum absolute atomic E-state index is 0.104. The summed E-state index contributed by atoms with van der Waals surface area (Å²) in [5.41, 5.74) is 4.90. The Kier molecular flexibility index (Phi) is 9.65. The molecule has 1 aromatic carbocycles. The maximum absolute atomic E-state index is 14.2. The van der Waals surface area contributed by atoms with E-state index in [4.69, 9.17) is 19.1 Å². The van der Waals surface area contributed by atoms with Crippen LogP contribution in [0.1, 0.15) is 113 Å². The topological polar surface area (TPSA) is 77.7 Å². The molecule has 2 heterocycles. The van der Waals surface area contributed by atoms with Gasteiger partial charge in [-0.1, -0.05) is 31.4 Å². The Bertz CT molecular complexity index is 1430. The molecule has 7 heteroatoms. The highest BCUT2D eigenvalue weighted by molar-refractivity contribution is 5.94. The quantitative estimate of drug-likeness (QED) is 0.240. The van der Waals surface area contributed by atoms with Crippen molar-refractivity contribution in [2.24, 2.45) is 11.3 Å². The van der Waals surface area contributed by atoms with Crippen LogP contribution in [0.5, 0.6) is 5.75 Å². The maximum Gasteiger partial charge on any atom is 0.231 e. The van der Waals surface area contributed by atoms with E-state index in [1.807, 2.05) is 19.2 Å². The lowest BCUT2D eigenvalue weighted by atomic mass is 9.51. The molecular weight excluding hydrogens is 562 g/mol. The molecule has 0 aliphatic heterocycles. The molecule has 8 rings (SSSR count). The highest BCUT2D eigenvalue weighted by Gasteiger charge is 2.50. The van der Waals surface area contributed by atoms with Gasteiger partial charge in [0.2, 0.25) is 5.91 Å². The average Bonchev–Trinajstić information content (AvgIpc) is 3.84. The molecule has 0 spiro atoms. The molecule has 5 fully saturated rings.